The van der Waals surface area contributed by atoms with Crippen LogP contribution in [0.1, 0.15) is 89.4 Å². The Morgan fingerprint density at radius 2 is 1.43 bits per heavy atom. The van der Waals surface area contributed by atoms with Crippen LogP contribution in [-0.2, 0) is 40.1 Å². The molecular weight excluding hydrogens is 1010 g/mol. The van der Waals surface area contributed by atoms with E-state index in [1.165, 1.54) is 17.8 Å². The van der Waals surface area contributed by atoms with E-state index in [4.69, 9.17) is 36.4 Å². The minimum Gasteiger partial charge on any atom is -0.480 e. The number of nitrogens with zero attached hydrogens (tertiary/aromatic N) is 3. The lowest BCUT2D eigenvalue weighted by molar-refractivity contribution is -0.193. The number of unbranched alkanes of at least 4 members (excludes halogenated alkanes) is 2. The summed E-state index contributed by atoms with van der Waals surface area (Å²) in [6, 6.07) is 13.6. The molecule has 0 spiro atoms. The van der Waals surface area contributed by atoms with Gasteiger partial charge in [0, 0.05) is 67.7 Å². The fraction of sp³-hybridized carbons (Fsp3) is 0.511. The van der Waals surface area contributed by atoms with Crippen LogP contribution in [-0.4, -0.2) is 132 Å². The van der Waals surface area contributed by atoms with Crippen LogP contribution in [0.3, 0.4) is 0 Å². The number of aliphatic carboxylic acids is 3. The second-order valence-electron chi connectivity index (χ2n) is 17.4. The number of carboxylic acids is 3. The number of aromatic nitrogens is 1. The largest absolute Gasteiger partial charge is 0.490 e. The third-order valence-corrected chi connectivity index (χ3v) is 12.8. The van der Waals surface area contributed by atoms with Crippen molar-refractivity contribution in [1.82, 2.24) is 14.4 Å². The van der Waals surface area contributed by atoms with Crippen molar-refractivity contribution in [3.05, 3.63) is 83.7 Å². The van der Waals surface area contributed by atoms with Crippen molar-refractivity contribution in [3.63, 3.8) is 0 Å². The van der Waals surface area contributed by atoms with E-state index >= 15 is 4.39 Å². The molecule has 3 atom stereocenters. The van der Waals surface area contributed by atoms with Crippen molar-refractivity contribution in [1.29, 1.82) is 0 Å². The molecule has 3 aromatic rings. The van der Waals surface area contributed by atoms with Crippen LogP contribution >= 0.6 is 23.5 Å². The lowest BCUT2D eigenvalue weighted by Gasteiger charge is -2.41. The van der Waals surface area contributed by atoms with Gasteiger partial charge in [0.15, 0.2) is 0 Å². The molecule has 15 nitrogen and oxygen atoms in total. The molecule has 1 fully saturated rings. The molecule has 0 saturated carbocycles. The zero-order valence-corrected chi connectivity index (χ0v) is 41.3. The highest BCUT2D eigenvalue weighted by Crippen LogP contribution is 2.41. The van der Waals surface area contributed by atoms with Gasteiger partial charge in [-0.1, -0.05) is 57.5 Å². The summed E-state index contributed by atoms with van der Waals surface area (Å²) in [5.74, 6) is -7.41. The zero-order valence-electron chi connectivity index (χ0n) is 39.6. The molecule has 400 valence electrons. The highest BCUT2D eigenvalue weighted by atomic mass is 32.2. The second-order valence-corrected chi connectivity index (χ2v) is 19.7. The maximum atomic E-state index is 15.1. The Bertz CT molecular complexity index is 2270. The number of benzene rings is 2. The fourth-order valence-corrected chi connectivity index (χ4v) is 9.09. The number of ketones is 1. The second kappa shape index (κ2) is 29.2. The van der Waals surface area contributed by atoms with Gasteiger partial charge in [-0.2, -0.15) is 38.1 Å². The van der Waals surface area contributed by atoms with E-state index in [0.717, 1.165) is 58.6 Å². The van der Waals surface area contributed by atoms with Crippen LogP contribution in [0.15, 0.2) is 60.8 Å². The number of alkyl halides is 6. The maximum Gasteiger partial charge on any atom is 0.490 e. The minimum atomic E-state index is -5.08. The Balaban J connectivity index is 0.00000111. The molecular formula is C47H59F8N5O10S2. The molecule has 3 amide bonds. The molecule has 72 heavy (non-hydrogen) atoms. The number of amides is 3. The van der Waals surface area contributed by atoms with Gasteiger partial charge in [-0.25, -0.2) is 18.4 Å². The number of halogens is 8. The quantitative estimate of drug-likeness (QED) is 0.0325. The number of carboxylic acid groups (broad SMARTS) is 3. The van der Waals surface area contributed by atoms with Gasteiger partial charge >= 0.3 is 30.3 Å². The highest BCUT2D eigenvalue weighted by Gasteiger charge is 2.41. The first kappa shape index (κ1) is 62.6. The lowest BCUT2D eigenvalue weighted by Crippen LogP contribution is -2.44. The number of Topliss-reactive ketones (excluding diaryl/α,β-unsaturated/α-hetero) is 1. The maximum absolute atomic E-state index is 15.1. The van der Waals surface area contributed by atoms with Crippen LogP contribution in [0, 0.1) is 17.0 Å². The SMILES string of the molecule is CC(C)(C)[C@H](c1cc(-c2cc(F)ccc2F)cn1Cc1ccccc1)N(CCCN)C(=O)CSCCCCCC(=O)CCCN1C(=O)CC(SC[C@H](N)C(=O)O)C1=O.O=C(O)C(F)(F)F.O=C(O)C(F)(F)F. The summed E-state index contributed by atoms with van der Waals surface area (Å²) in [5.41, 5.74) is 13.5. The van der Waals surface area contributed by atoms with Gasteiger partial charge < -0.3 is 36.3 Å². The monoisotopic (exact) mass is 1070 g/mol. The summed E-state index contributed by atoms with van der Waals surface area (Å²) in [7, 11) is 0. The number of hydrogen-bond acceptors (Lipinski definition) is 11. The van der Waals surface area contributed by atoms with Gasteiger partial charge in [0.1, 0.15) is 23.5 Å². The van der Waals surface area contributed by atoms with E-state index in [1.807, 2.05) is 52.1 Å². The standard InChI is InChI=1S/C43H57F2N5O6S2.2C2HF3O2/c1-43(2,3)40(36-22-30(33-23-31(44)16-17-34(33)45)26-48(36)25-29-12-6-4-7-13-29)49(20-11-18-46)39(53)28-57-21-9-5-8-14-32(51)15-10-19-50-38(52)24-37(41(50)54)58-27-35(47)42(55)56;2*3-2(4,5)1(6)7/h4,6-7,12-13,16-17,22-23,26,35,37,40H,5,8-11,14-15,18-21,24-25,27-28,46-47H2,1-3H3,(H,55,56);2*(H,6,7)/t35-,37?,40-;;/m0../s1. The van der Waals surface area contributed by atoms with Gasteiger partial charge in [0.05, 0.1) is 17.0 Å². The van der Waals surface area contributed by atoms with Gasteiger partial charge in [-0.15, -0.1) is 11.8 Å². The molecule has 1 aliphatic heterocycles. The summed E-state index contributed by atoms with van der Waals surface area (Å²) in [4.78, 5) is 83.5. The third-order valence-electron chi connectivity index (χ3n) is 10.5. The van der Waals surface area contributed by atoms with Crippen molar-refractivity contribution in [2.24, 2.45) is 16.9 Å². The van der Waals surface area contributed by atoms with Gasteiger partial charge in [0.2, 0.25) is 17.7 Å². The number of carbonyl (C=O) groups excluding carboxylic acids is 4. The fourth-order valence-electron chi connectivity index (χ4n) is 7.09. The highest BCUT2D eigenvalue weighted by molar-refractivity contribution is 8.00. The Hall–Kier alpha value is -5.53. The smallest absolute Gasteiger partial charge is 0.480 e. The summed E-state index contributed by atoms with van der Waals surface area (Å²) < 4.78 is 94.9. The van der Waals surface area contributed by atoms with Gasteiger partial charge in [0.25, 0.3) is 0 Å². The topological polar surface area (TPSA) is 244 Å². The number of rotatable bonds is 24. The van der Waals surface area contributed by atoms with Crippen molar-refractivity contribution in [3.8, 4) is 11.1 Å². The van der Waals surface area contributed by atoms with E-state index in [1.54, 1.807) is 0 Å². The Kier molecular flexibility index (Phi) is 25.4. The molecule has 7 N–H and O–H groups in total. The third kappa shape index (κ3) is 21.3. The number of nitrogens with two attached hydrogens (primary N) is 2. The van der Waals surface area contributed by atoms with E-state index in [2.05, 4.69) is 20.8 Å². The lowest BCUT2D eigenvalue weighted by atomic mass is 9.83. The molecule has 2 heterocycles. The van der Waals surface area contributed by atoms with E-state index in [-0.39, 0.29) is 60.0 Å². The molecule has 0 radical (unpaired) electrons. The van der Waals surface area contributed by atoms with Gasteiger partial charge in [-0.3, -0.25) is 28.9 Å². The van der Waals surface area contributed by atoms with Crippen molar-refractivity contribution in [2.45, 2.75) is 108 Å². The van der Waals surface area contributed by atoms with Crippen molar-refractivity contribution < 1.29 is 84.0 Å². The van der Waals surface area contributed by atoms with Crippen LogP contribution in [0.5, 0.6) is 0 Å². The molecule has 1 aliphatic rings. The number of hydrogen-bond donors (Lipinski definition) is 5. The van der Waals surface area contributed by atoms with Crippen molar-refractivity contribution >= 4 is 64.9 Å². The number of likely N-dealkylation sites (tertiary alicyclic amines) is 1. The minimum absolute atomic E-state index is 0.000383. The Morgan fingerprint density at radius 1 is 0.833 bits per heavy atom. The average Bonchev–Trinajstić information content (AvgIpc) is 3.81. The zero-order chi connectivity index (χ0) is 54.6. The number of thioether (sulfide) groups is 2. The first-order valence-corrected chi connectivity index (χ1v) is 24.5. The number of imide groups is 1. The van der Waals surface area contributed by atoms with Crippen LogP contribution in [0.2, 0.25) is 0 Å². The molecule has 1 unspecified atom stereocenters. The molecule has 0 aliphatic carbocycles. The van der Waals surface area contributed by atoms with Crippen LogP contribution < -0.4 is 11.5 Å². The predicted octanol–water partition coefficient (Wildman–Crippen LogP) is 7.93. The first-order valence-electron chi connectivity index (χ1n) is 22.3. The van der Waals surface area contributed by atoms with Crippen LogP contribution in [0.4, 0.5) is 35.1 Å². The van der Waals surface area contributed by atoms with Gasteiger partial charge in [-0.05, 0) is 73.2 Å². The molecule has 25 heteroatoms. The summed E-state index contributed by atoms with van der Waals surface area (Å²) in [6.45, 7) is 7.67. The number of carbonyl (C=O) groups is 7. The summed E-state index contributed by atoms with van der Waals surface area (Å²) in [5, 5.41) is 22.6. The molecule has 4 rings (SSSR count). The van der Waals surface area contributed by atoms with Crippen molar-refractivity contribution in [2.75, 3.05) is 36.9 Å². The van der Waals surface area contributed by atoms with E-state index in [0.29, 0.717) is 50.9 Å². The summed E-state index contributed by atoms with van der Waals surface area (Å²) in [6.07, 6.45) is -4.41. The van der Waals surface area contributed by atoms with Crippen LogP contribution in [0.25, 0.3) is 11.1 Å². The first-order chi connectivity index (χ1) is 33.5. The Morgan fingerprint density at radius 3 is 1.99 bits per heavy atom. The predicted molar refractivity (Wildman–Crippen MR) is 254 cm³/mol. The summed E-state index contributed by atoms with van der Waals surface area (Å²) >= 11 is 2.61. The Labute approximate surface area is 419 Å². The molecule has 1 aromatic heterocycles. The van der Waals surface area contributed by atoms with E-state index in [9.17, 15) is 54.7 Å². The average molecular weight is 1070 g/mol. The normalized spacial score (nSPS) is 14.7. The molecule has 0 bridgehead atoms. The molecule has 2 aromatic carbocycles. The van der Waals surface area contributed by atoms with E-state index < -0.39 is 64.6 Å². The molecule has 1 saturated heterocycles.